The summed E-state index contributed by atoms with van der Waals surface area (Å²) in [6.45, 7) is 14.3. The lowest BCUT2D eigenvalue weighted by atomic mass is 9.65. The molecule has 0 spiro atoms. The van der Waals surface area contributed by atoms with Gasteiger partial charge in [0.15, 0.2) is 0 Å². The summed E-state index contributed by atoms with van der Waals surface area (Å²) in [5.41, 5.74) is 0.622. The second-order valence-electron chi connectivity index (χ2n) is 5.45. The molecule has 0 heterocycles. The van der Waals surface area contributed by atoms with Gasteiger partial charge in [-0.25, -0.2) is 0 Å². The van der Waals surface area contributed by atoms with E-state index in [2.05, 4.69) is 41.5 Å². The lowest BCUT2D eigenvalue weighted by Crippen LogP contribution is -2.30. The van der Waals surface area contributed by atoms with Crippen LogP contribution in [0.1, 0.15) is 86.5 Å². The van der Waals surface area contributed by atoms with Gasteiger partial charge in [0.25, 0.3) is 0 Å². The summed E-state index contributed by atoms with van der Waals surface area (Å²) in [4.78, 5) is 0. The van der Waals surface area contributed by atoms with Crippen LogP contribution in [-0.2, 0) is 0 Å². The fourth-order valence-electron chi connectivity index (χ4n) is 3.49. The molecule has 0 aromatic carbocycles. The van der Waals surface area contributed by atoms with Crippen LogP contribution in [0.25, 0.3) is 0 Å². The highest BCUT2D eigenvalue weighted by molar-refractivity contribution is 4.84. The average Bonchev–Trinajstić information content (AvgIpc) is 2.35. The molecule has 0 aliphatic rings. The summed E-state index contributed by atoms with van der Waals surface area (Å²) < 4.78 is 0. The molecular weight excluding hydrogens is 192 g/mol. The zero-order valence-electron chi connectivity index (χ0n) is 12.6. The molecule has 1 unspecified atom stereocenters. The van der Waals surface area contributed by atoms with Gasteiger partial charge in [0, 0.05) is 0 Å². The molecule has 0 fully saturated rings. The third kappa shape index (κ3) is 3.79. The maximum Gasteiger partial charge on any atom is -0.0277 e. The van der Waals surface area contributed by atoms with Crippen LogP contribution in [0, 0.1) is 17.3 Å². The van der Waals surface area contributed by atoms with Gasteiger partial charge >= 0.3 is 0 Å². The Labute approximate surface area is 104 Å². The van der Waals surface area contributed by atoms with Crippen molar-refractivity contribution in [3.63, 3.8) is 0 Å². The minimum absolute atomic E-state index is 0.622. The molecule has 0 aliphatic heterocycles. The van der Waals surface area contributed by atoms with Gasteiger partial charge in [0.05, 0.1) is 0 Å². The molecule has 98 valence electrons. The van der Waals surface area contributed by atoms with Crippen LogP contribution in [0.15, 0.2) is 0 Å². The Morgan fingerprint density at radius 2 is 1.12 bits per heavy atom. The zero-order chi connectivity index (χ0) is 12.6. The molecule has 0 amide bonds. The molecule has 16 heavy (non-hydrogen) atoms. The second kappa shape index (κ2) is 8.14. The first-order chi connectivity index (χ1) is 7.63. The Kier molecular flexibility index (Phi) is 8.14. The van der Waals surface area contributed by atoms with Crippen molar-refractivity contribution in [3.8, 4) is 0 Å². The molecule has 0 N–H and O–H groups in total. The van der Waals surface area contributed by atoms with Crippen molar-refractivity contribution in [2.24, 2.45) is 17.3 Å². The van der Waals surface area contributed by atoms with E-state index < -0.39 is 0 Å². The molecule has 0 nitrogen and oxygen atoms in total. The van der Waals surface area contributed by atoms with Gasteiger partial charge in [-0.2, -0.15) is 0 Å². The van der Waals surface area contributed by atoms with Crippen LogP contribution < -0.4 is 0 Å². The van der Waals surface area contributed by atoms with Gasteiger partial charge < -0.3 is 0 Å². The third-order valence-corrected chi connectivity index (χ3v) is 5.24. The molecule has 0 radical (unpaired) electrons. The molecule has 0 bridgehead atoms. The first kappa shape index (κ1) is 16.0. The summed E-state index contributed by atoms with van der Waals surface area (Å²) in [6.07, 6.45) is 9.63. The van der Waals surface area contributed by atoms with E-state index in [1.807, 2.05) is 0 Å². The Morgan fingerprint density at radius 3 is 1.38 bits per heavy atom. The standard InChI is InChI=1S/C16H34/c1-7-14(8-2)13-15(9-3)16(10-4,11-5)12-6/h14-15H,7-13H2,1-6H3. The molecule has 0 aliphatic carbocycles. The summed E-state index contributed by atoms with van der Waals surface area (Å²) in [5, 5.41) is 0. The van der Waals surface area contributed by atoms with Crippen molar-refractivity contribution >= 4 is 0 Å². The number of hydrogen-bond acceptors (Lipinski definition) is 0. The van der Waals surface area contributed by atoms with Crippen molar-refractivity contribution < 1.29 is 0 Å². The predicted molar refractivity (Wildman–Crippen MR) is 75.8 cm³/mol. The normalized spacial score (nSPS) is 14.4. The molecule has 0 saturated carbocycles. The minimum atomic E-state index is 0.622. The van der Waals surface area contributed by atoms with Gasteiger partial charge in [0.2, 0.25) is 0 Å². The Bertz CT molecular complexity index is 143. The van der Waals surface area contributed by atoms with Crippen LogP contribution in [0.4, 0.5) is 0 Å². The maximum absolute atomic E-state index is 2.39. The SMILES string of the molecule is CCC(CC)CC(CC)C(CC)(CC)CC. The summed E-state index contributed by atoms with van der Waals surface area (Å²) in [5.74, 6) is 1.89. The van der Waals surface area contributed by atoms with E-state index in [0.717, 1.165) is 11.8 Å². The average molecular weight is 226 g/mol. The highest BCUT2D eigenvalue weighted by Gasteiger charge is 2.33. The topological polar surface area (TPSA) is 0 Å². The van der Waals surface area contributed by atoms with E-state index in [1.54, 1.807) is 0 Å². The van der Waals surface area contributed by atoms with Crippen molar-refractivity contribution in [1.29, 1.82) is 0 Å². The molecule has 1 atom stereocenters. The molecule has 0 aromatic rings. The third-order valence-electron chi connectivity index (χ3n) is 5.24. The van der Waals surface area contributed by atoms with E-state index in [9.17, 15) is 0 Å². The van der Waals surface area contributed by atoms with E-state index in [4.69, 9.17) is 0 Å². The number of rotatable bonds is 9. The fourth-order valence-corrected chi connectivity index (χ4v) is 3.49. The van der Waals surface area contributed by atoms with Gasteiger partial charge in [0.1, 0.15) is 0 Å². The molecule has 0 rings (SSSR count). The lowest BCUT2D eigenvalue weighted by Gasteiger charge is -2.40. The first-order valence-electron chi connectivity index (χ1n) is 7.63. The largest absolute Gasteiger partial charge is 0.0651 e. The smallest absolute Gasteiger partial charge is 0.0277 e. The summed E-state index contributed by atoms with van der Waals surface area (Å²) in [6, 6.07) is 0. The minimum Gasteiger partial charge on any atom is -0.0651 e. The first-order valence-corrected chi connectivity index (χ1v) is 7.63. The number of hydrogen-bond donors (Lipinski definition) is 0. The highest BCUT2D eigenvalue weighted by atomic mass is 14.4. The second-order valence-corrected chi connectivity index (χ2v) is 5.45. The van der Waals surface area contributed by atoms with Crippen LogP contribution in [-0.4, -0.2) is 0 Å². The maximum atomic E-state index is 2.39. The molecular formula is C16H34. The van der Waals surface area contributed by atoms with Gasteiger partial charge in [-0.3, -0.25) is 0 Å². The summed E-state index contributed by atoms with van der Waals surface area (Å²) >= 11 is 0. The van der Waals surface area contributed by atoms with Crippen molar-refractivity contribution in [2.45, 2.75) is 86.5 Å². The van der Waals surface area contributed by atoms with Crippen LogP contribution in [0.3, 0.4) is 0 Å². The van der Waals surface area contributed by atoms with Crippen LogP contribution in [0.5, 0.6) is 0 Å². The van der Waals surface area contributed by atoms with Crippen molar-refractivity contribution in [2.75, 3.05) is 0 Å². The highest BCUT2D eigenvalue weighted by Crippen LogP contribution is 2.44. The van der Waals surface area contributed by atoms with Crippen LogP contribution in [0.2, 0.25) is 0 Å². The van der Waals surface area contributed by atoms with E-state index >= 15 is 0 Å². The summed E-state index contributed by atoms with van der Waals surface area (Å²) in [7, 11) is 0. The van der Waals surface area contributed by atoms with E-state index in [-0.39, 0.29) is 0 Å². The van der Waals surface area contributed by atoms with E-state index in [0.29, 0.717) is 5.41 Å². The molecule has 0 aromatic heterocycles. The predicted octanol–water partition coefficient (Wildman–Crippen LogP) is 6.06. The Balaban J connectivity index is 4.66. The fraction of sp³-hybridized carbons (Fsp3) is 1.00. The van der Waals surface area contributed by atoms with Crippen molar-refractivity contribution in [3.05, 3.63) is 0 Å². The van der Waals surface area contributed by atoms with E-state index in [1.165, 1.54) is 44.9 Å². The molecule has 0 heteroatoms. The Hall–Kier alpha value is 0. The monoisotopic (exact) mass is 226 g/mol. The van der Waals surface area contributed by atoms with Gasteiger partial charge in [-0.15, -0.1) is 0 Å². The zero-order valence-corrected chi connectivity index (χ0v) is 12.6. The van der Waals surface area contributed by atoms with Gasteiger partial charge in [-0.05, 0) is 23.7 Å². The van der Waals surface area contributed by atoms with Crippen LogP contribution >= 0.6 is 0 Å². The molecule has 0 saturated heterocycles. The van der Waals surface area contributed by atoms with Crippen molar-refractivity contribution in [1.82, 2.24) is 0 Å². The Morgan fingerprint density at radius 1 is 0.688 bits per heavy atom. The lowest BCUT2D eigenvalue weighted by molar-refractivity contribution is 0.103. The van der Waals surface area contributed by atoms with Gasteiger partial charge in [-0.1, -0.05) is 80.1 Å². The quantitative estimate of drug-likeness (QED) is 0.448.